The molecule has 2 heterocycles. The number of nitrogens with one attached hydrogen (secondary N) is 1. The summed E-state index contributed by atoms with van der Waals surface area (Å²) in [7, 11) is 0. The van der Waals surface area contributed by atoms with E-state index in [0.29, 0.717) is 5.82 Å². The molecule has 0 fully saturated rings. The standard InChI is InChI=1S/C11H9N5S/c12-9-6-8(13-14-9)11-10(15-16-17-11)7-4-2-1-3-5-7/h1-6H,(H3,12,13,14). The molecule has 0 bridgehead atoms. The van der Waals surface area contributed by atoms with Gasteiger partial charge >= 0.3 is 0 Å². The molecule has 0 spiro atoms. The van der Waals surface area contributed by atoms with Crippen LogP contribution in [-0.2, 0) is 0 Å². The second kappa shape index (κ2) is 3.99. The van der Waals surface area contributed by atoms with Crippen molar-refractivity contribution in [3.8, 4) is 21.8 Å². The maximum Gasteiger partial charge on any atom is 0.145 e. The molecule has 17 heavy (non-hydrogen) atoms. The van der Waals surface area contributed by atoms with E-state index in [1.807, 2.05) is 30.3 Å². The van der Waals surface area contributed by atoms with E-state index in [9.17, 15) is 0 Å². The largest absolute Gasteiger partial charge is 0.382 e. The number of benzene rings is 1. The highest BCUT2D eigenvalue weighted by Crippen LogP contribution is 2.32. The first kappa shape index (κ1) is 9.98. The van der Waals surface area contributed by atoms with Crippen molar-refractivity contribution in [2.24, 2.45) is 0 Å². The van der Waals surface area contributed by atoms with E-state index in [0.717, 1.165) is 21.8 Å². The average Bonchev–Trinajstić information content (AvgIpc) is 2.98. The molecule has 0 saturated carbocycles. The SMILES string of the molecule is Nc1cc(-c2snnc2-c2ccccc2)[nH]n1. The molecule has 3 aromatic rings. The maximum absolute atomic E-state index is 5.59. The van der Waals surface area contributed by atoms with Gasteiger partial charge in [0.25, 0.3) is 0 Å². The van der Waals surface area contributed by atoms with Gasteiger partial charge in [0.1, 0.15) is 16.4 Å². The number of nitrogens with two attached hydrogens (primary N) is 1. The number of aromatic nitrogens is 4. The van der Waals surface area contributed by atoms with Crippen molar-refractivity contribution < 1.29 is 0 Å². The minimum absolute atomic E-state index is 0.465. The van der Waals surface area contributed by atoms with E-state index >= 15 is 0 Å². The van der Waals surface area contributed by atoms with Crippen LogP contribution < -0.4 is 5.73 Å². The van der Waals surface area contributed by atoms with Crippen LogP contribution in [-0.4, -0.2) is 19.8 Å². The molecule has 0 aliphatic heterocycles. The summed E-state index contributed by atoms with van der Waals surface area (Å²) >= 11 is 1.32. The van der Waals surface area contributed by atoms with Gasteiger partial charge in [0.05, 0.1) is 5.69 Å². The van der Waals surface area contributed by atoms with Crippen LogP contribution in [0.3, 0.4) is 0 Å². The van der Waals surface area contributed by atoms with Crippen LogP contribution in [0.2, 0.25) is 0 Å². The van der Waals surface area contributed by atoms with Gasteiger partial charge in [-0.3, -0.25) is 5.10 Å². The zero-order chi connectivity index (χ0) is 11.7. The summed E-state index contributed by atoms with van der Waals surface area (Å²) in [6.07, 6.45) is 0. The van der Waals surface area contributed by atoms with Crippen LogP contribution >= 0.6 is 11.5 Å². The van der Waals surface area contributed by atoms with Crippen molar-refractivity contribution in [1.82, 2.24) is 19.8 Å². The molecule has 0 unspecified atom stereocenters. The normalized spacial score (nSPS) is 10.6. The number of hydrogen-bond donors (Lipinski definition) is 2. The summed E-state index contributed by atoms with van der Waals surface area (Å²) in [6, 6.07) is 11.7. The third-order valence-corrected chi connectivity index (χ3v) is 3.14. The lowest BCUT2D eigenvalue weighted by Crippen LogP contribution is -1.82. The molecule has 0 aliphatic rings. The molecule has 2 aromatic heterocycles. The first-order valence-electron chi connectivity index (χ1n) is 5.03. The molecule has 0 aliphatic carbocycles. The second-order valence-corrected chi connectivity index (χ2v) is 4.28. The van der Waals surface area contributed by atoms with Crippen LogP contribution in [0.15, 0.2) is 36.4 Å². The molecule has 0 saturated heterocycles. The minimum Gasteiger partial charge on any atom is -0.382 e. The Kier molecular flexibility index (Phi) is 2.34. The number of anilines is 1. The van der Waals surface area contributed by atoms with Gasteiger partial charge in [0, 0.05) is 11.6 Å². The van der Waals surface area contributed by atoms with Crippen molar-refractivity contribution >= 4 is 17.4 Å². The van der Waals surface area contributed by atoms with Gasteiger partial charge in [-0.1, -0.05) is 34.8 Å². The molecule has 3 N–H and O–H groups in total. The van der Waals surface area contributed by atoms with Gasteiger partial charge in [-0.2, -0.15) is 5.10 Å². The minimum atomic E-state index is 0.465. The quantitative estimate of drug-likeness (QED) is 0.722. The molecule has 0 atom stereocenters. The van der Waals surface area contributed by atoms with Gasteiger partial charge < -0.3 is 5.73 Å². The lowest BCUT2D eigenvalue weighted by atomic mass is 10.1. The highest BCUT2D eigenvalue weighted by Gasteiger charge is 2.13. The first-order valence-corrected chi connectivity index (χ1v) is 5.81. The topological polar surface area (TPSA) is 80.5 Å². The van der Waals surface area contributed by atoms with Gasteiger partial charge in [-0.15, -0.1) is 5.10 Å². The van der Waals surface area contributed by atoms with E-state index < -0.39 is 0 Å². The zero-order valence-corrected chi connectivity index (χ0v) is 9.61. The van der Waals surface area contributed by atoms with E-state index in [1.54, 1.807) is 6.07 Å². The molecule has 0 amide bonds. The molecule has 0 radical (unpaired) electrons. The van der Waals surface area contributed by atoms with Crippen LogP contribution in [0, 0.1) is 0 Å². The monoisotopic (exact) mass is 243 g/mol. The fourth-order valence-corrected chi connectivity index (χ4v) is 2.26. The van der Waals surface area contributed by atoms with Gasteiger partial charge in [0.2, 0.25) is 0 Å². The van der Waals surface area contributed by atoms with Crippen LogP contribution in [0.25, 0.3) is 21.8 Å². The molecule has 5 nitrogen and oxygen atoms in total. The van der Waals surface area contributed by atoms with Crippen molar-refractivity contribution in [3.05, 3.63) is 36.4 Å². The number of nitrogens with zero attached hydrogens (tertiary/aromatic N) is 3. The maximum atomic E-state index is 5.59. The molecular formula is C11H9N5S. The van der Waals surface area contributed by atoms with E-state index in [2.05, 4.69) is 19.8 Å². The summed E-state index contributed by atoms with van der Waals surface area (Å²) in [5.74, 6) is 0.465. The highest BCUT2D eigenvalue weighted by atomic mass is 32.1. The van der Waals surface area contributed by atoms with Crippen LogP contribution in [0.5, 0.6) is 0 Å². The number of rotatable bonds is 2. The summed E-state index contributed by atoms with van der Waals surface area (Å²) < 4.78 is 3.99. The fourth-order valence-electron chi connectivity index (χ4n) is 1.61. The Balaban J connectivity index is 2.12. The van der Waals surface area contributed by atoms with E-state index in [1.165, 1.54) is 11.5 Å². The summed E-state index contributed by atoms with van der Waals surface area (Å²) in [6.45, 7) is 0. The van der Waals surface area contributed by atoms with Crippen molar-refractivity contribution in [2.45, 2.75) is 0 Å². The lowest BCUT2D eigenvalue weighted by molar-refractivity contribution is 1.10. The highest BCUT2D eigenvalue weighted by molar-refractivity contribution is 7.09. The van der Waals surface area contributed by atoms with Gasteiger partial charge in [-0.25, -0.2) is 0 Å². The second-order valence-electron chi connectivity index (χ2n) is 3.52. The smallest absolute Gasteiger partial charge is 0.145 e. The Morgan fingerprint density at radius 2 is 2.00 bits per heavy atom. The Morgan fingerprint density at radius 3 is 2.71 bits per heavy atom. The Bertz CT molecular complexity index is 628. The van der Waals surface area contributed by atoms with Crippen molar-refractivity contribution in [3.63, 3.8) is 0 Å². The predicted octanol–water partition coefficient (Wildman–Crippen LogP) is 2.18. The average molecular weight is 243 g/mol. The molecule has 6 heteroatoms. The number of aromatic amines is 1. The van der Waals surface area contributed by atoms with Crippen LogP contribution in [0.1, 0.15) is 0 Å². The summed E-state index contributed by atoms with van der Waals surface area (Å²) in [5, 5.41) is 10.9. The van der Waals surface area contributed by atoms with E-state index in [4.69, 9.17) is 5.73 Å². The fraction of sp³-hybridized carbons (Fsp3) is 0. The molecular weight excluding hydrogens is 234 g/mol. The molecule has 1 aromatic carbocycles. The number of H-pyrrole nitrogens is 1. The van der Waals surface area contributed by atoms with Crippen molar-refractivity contribution in [2.75, 3.05) is 5.73 Å². The lowest BCUT2D eigenvalue weighted by Gasteiger charge is -1.97. The predicted molar refractivity (Wildman–Crippen MR) is 67.3 cm³/mol. The van der Waals surface area contributed by atoms with Gasteiger partial charge in [-0.05, 0) is 11.5 Å². The van der Waals surface area contributed by atoms with Crippen molar-refractivity contribution in [1.29, 1.82) is 0 Å². The zero-order valence-electron chi connectivity index (χ0n) is 8.79. The first-order chi connectivity index (χ1) is 8.34. The number of nitrogen functional groups attached to an aromatic ring is 1. The summed E-state index contributed by atoms with van der Waals surface area (Å²) in [5.41, 5.74) is 8.32. The third-order valence-electron chi connectivity index (χ3n) is 2.38. The summed E-state index contributed by atoms with van der Waals surface area (Å²) in [4.78, 5) is 0.945. The molecule has 3 rings (SSSR count). The number of hydrogen-bond acceptors (Lipinski definition) is 5. The van der Waals surface area contributed by atoms with E-state index in [-0.39, 0.29) is 0 Å². The Labute approximate surface area is 101 Å². The third kappa shape index (κ3) is 1.78. The Morgan fingerprint density at radius 1 is 1.18 bits per heavy atom. The molecule has 84 valence electrons. The Hall–Kier alpha value is -2.21. The van der Waals surface area contributed by atoms with Gasteiger partial charge in [0.15, 0.2) is 0 Å². The van der Waals surface area contributed by atoms with Crippen LogP contribution in [0.4, 0.5) is 5.82 Å².